The van der Waals surface area contributed by atoms with Gasteiger partial charge in [-0.1, -0.05) is 54.7 Å². The molecule has 1 atom stereocenters. The van der Waals surface area contributed by atoms with E-state index in [1.165, 1.54) is 12.1 Å². The van der Waals surface area contributed by atoms with Gasteiger partial charge >= 0.3 is 5.97 Å². The van der Waals surface area contributed by atoms with Crippen molar-refractivity contribution in [1.82, 2.24) is 15.1 Å². The third-order valence-electron chi connectivity index (χ3n) is 5.12. The summed E-state index contributed by atoms with van der Waals surface area (Å²) in [5.74, 6) is -1.35. The molecule has 3 rings (SSSR count). The number of fused-ring (bicyclic) bond motifs is 1. The number of carbonyl (C=O) groups excluding carboxylic acids is 2. The van der Waals surface area contributed by atoms with Gasteiger partial charge in [-0.05, 0) is 36.2 Å². The molecule has 0 aliphatic carbocycles. The second-order valence-corrected chi connectivity index (χ2v) is 8.34. The molecule has 0 saturated heterocycles. The number of rotatable bonds is 9. The van der Waals surface area contributed by atoms with Crippen LogP contribution in [0.25, 0.3) is 10.8 Å². The van der Waals surface area contributed by atoms with Crippen molar-refractivity contribution < 1.29 is 14.3 Å². The maximum absolute atomic E-state index is 12.5. The molecule has 33 heavy (non-hydrogen) atoms. The summed E-state index contributed by atoms with van der Waals surface area (Å²) in [4.78, 5) is 48.9. The van der Waals surface area contributed by atoms with Crippen LogP contribution in [0.2, 0.25) is 10.0 Å². The van der Waals surface area contributed by atoms with Crippen LogP contribution in [0.4, 0.5) is 0 Å². The van der Waals surface area contributed by atoms with E-state index in [2.05, 4.69) is 10.4 Å². The highest BCUT2D eigenvalue weighted by molar-refractivity contribution is 6.35. The lowest BCUT2D eigenvalue weighted by atomic mass is 9.94. The highest BCUT2D eigenvalue weighted by Crippen LogP contribution is 2.30. The molecule has 0 aliphatic rings. The van der Waals surface area contributed by atoms with Gasteiger partial charge < -0.3 is 10.1 Å². The van der Waals surface area contributed by atoms with Crippen LogP contribution in [0, 0.1) is 0 Å². The van der Waals surface area contributed by atoms with Crippen molar-refractivity contribution in [3.8, 4) is 0 Å². The van der Waals surface area contributed by atoms with Crippen molar-refractivity contribution in [1.29, 1.82) is 0 Å². The third-order valence-corrected chi connectivity index (χ3v) is 5.68. The molecule has 174 valence electrons. The molecule has 3 aromatic rings. The Bertz CT molecular complexity index is 1290. The van der Waals surface area contributed by atoms with E-state index in [-0.39, 0.29) is 16.7 Å². The largest absolute Gasteiger partial charge is 0.454 e. The summed E-state index contributed by atoms with van der Waals surface area (Å²) in [6.45, 7) is 1.30. The molecule has 0 spiro atoms. The molecule has 2 N–H and O–H groups in total. The molecule has 10 heteroatoms. The van der Waals surface area contributed by atoms with Crippen LogP contribution in [0.1, 0.15) is 31.2 Å². The normalized spacial score (nSPS) is 11.8. The van der Waals surface area contributed by atoms with Gasteiger partial charge in [-0.15, -0.1) is 0 Å². The molecular weight excluding hydrogens is 469 g/mol. The zero-order valence-electron chi connectivity index (χ0n) is 17.9. The van der Waals surface area contributed by atoms with Crippen molar-refractivity contribution in [2.24, 2.45) is 0 Å². The summed E-state index contributed by atoms with van der Waals surface area (Å²) < 4.78 is 5.84. The Morgan fingerprint density at radius 1 is 1.12 bits per heavy atom. The summed E-state index contributed by atoms with van der Waals surface area (Å²) >= 11 is 12.3. The summed E-state index contributed by atoms with van der Waals surface area (Å²) in [6.07, 6.45) is 1.67. The maximum atomic E-state index is 12.5. The molecule has 0 aliphatic heterocycles. The van der Waals surface area contributed by atoms with E-state index >= 15 is 0 Å². The van der Waals surface area contributed by atoms with Crippen LogP contribution in [-0.2, 0) is 20.9 Å². The molecule has 1 amide bonds. The average Bonchev–Trinajstić information content (AvgIpc) is 2.79. The monoisotopic (exact) mass is 491 g/mol. The lowest BCUT2D eigenvalue weighted by Crippen LogP contribution is -2.35. The number of halogens is 2. The number of hydrogen-bond acceptors (Lipinski definition) is 5. The minimum absolute atomic E-state index is 0.0272. The molecule has 0 saturated carbocycles. The number of H-pyrrole nitrogens is 1. The van der Waals surface area contributed by atoms with Gasteiger partial charge in [0.25, 0.3) is 17.0 Å². The van der Waals surface area contributed by atoms with Gasteiger partial charge in [0.1, 0.15) is 6.54 Å². The second-order valence-electron chi connectivity index (χ2n) is 7.49. The predicted octanol–water partition coefficient (Wildman–Crippen LogP) is 3.24. The summed E-state index contributed by atoms with van der Waals surface area (Å²) in [6, 6.07) is 11.5. The van der Waals surface area contributed by atoms with Crippen LogP contribution in [0.3, 0.4) is 0 Å². The summed E-state index contributed by atoms with van der Waals surface area (Å²) in [5, 5.41) is 6.56. The van der Waals surface area contributed by atoms with Crippen molar-refractivity contribution >= 4 is 45.9 Å². The minimum atomic E-state index is -0.830. The SMILES string of the molecule is CCC[C@H](CNC(=O)COC(=O)Cn1[nH]c(=O)c2ccccc2c1=O)c1ccc(Cl)cc1Cl. The Morgan fingerprint density at radius 2 is 1.85 bits per heavy atom. The Morgan fingerprint density at radius 3 is 2.55 bits per heavy atom. The van der Waals surface area contributed by atoms with E-state index in [1.807, 2.05) is 13.0 Å². The van der Waals surface area contributed by atoms with E-state index < -0.39 is 36.1 Å². The highest BCUT2D eigenvalue weighted by Gasteiger charge is 2.17. The zero-order valence-corrected chi connectivity index (χ0v) is 19.4. The molecule has 1 aromatic heterocycles. The fourth-order valence-corrected chi connectivity index (χ4v) is 4.08. The first-order chi connectivity index (χ1) is 15.8. The van der Waals surface area contributed by atoms with Gasteiger partial charge in [0, 0.05) is 22.5 Å². The van der Waals surface area contributed by atoms with Gasteiger partial charge in [-0.2, -0.15) is 0 Å². The number of aromatic amines is 1. The molecule has 2 aromatic carbocycles. The number of nitrogens with zero attached hydrogens (tertiary/aromatic N) is 1. The quantitative estimate of drug-likeness (QED) is 0.446. The Kier molecular flexibility index (Phi) is 8.30. The molecule has 0 bridgehead atoms. The molecular formula is C23H23Cl2N3O5. The van der Waals surface area contributed by atoms with E-state index in [1.54, 1.807) is 24.3 Å². The Balaban J connectivity index is 1.56. The highest BCUT2D eigenvalue weighted by atomic mass is 35.5. The van der Waals surface area contributed by atoms with Crippen molar-refractivity contribution in [3.63, 3.8) is 0 Å². The van der Waals surface area contributed by atoms with E-state index in [0.717, 1.165) is 23.1 Å². The standard InChI is InChI=1S/C23H23Cl2N3O5/c1-2-5-14(16-9-8-15(24)10-19(16)25)11-26-20(29)13-33-21(30)12-28-23(32)18-7-4-3-6-17(18)22(31)27-28/h3-4,6-10,14H,2,5,11-13H2,1H3,(H,26,29)(H,27,31)/t14-/m1/s1. The van der Waals surface area contributed by atoms with Crippen LogP contribution in [-0.4, -0.2) is 34.8 Å². The fourth-order valence-electron chi connectivity index (χ4n) is 3.52. The fraction of sp³-hybridized carbons (Fsp3) is 0.304. The van der Waals surface area contributed by atoms with Crippen molar-refractivity contribution in [2.75, 3.05) is 13.2 Å². The number of nitrogens with one attached hydrogen (secondary N) is 2. The summed E-state index contributed by atoms with van der Waals surface area (Å²) in [7, 11) is 0. The first-order valence-corrected chi connectivity index (χ1v) is 11.1. The lowest BCUT2D eigenvalue weighted by Gasteiger charge is -2.19. The average molecular weight is 492 g/mol. The molecule has 0 fully saturated rings. The van der Waals surface area contributed by atoms with E-state index in [9.17, 15) is 19.2 Å². The minimum Gasteiger partial charge on any atom is -0.454 e. The molecule has 1 heterocycles. The number of amides is 1. The zero-order chi connectivity index (χ0) is 24.0. The Labute approximate surface area is 199 Å². The van der Waals surface area contributed by atoms with E-state index in [4.69, 9.17) is 27.9 Å². The number of aromatic nitrogens is 2. The number of carbonyl (C=O) groups is 2. The first kappa shape index (κ1) is 24.5. The van der Waals surface area contributed by atoms with Crippen molar-refractivity contribution in [3.05, 3.63) is 78.8 Å². The number of ether oxygens (including phenoxy) is 1. The molecule has 0 unspecified atom stereocenters. The maximum Gasteiger partial charge on any atom is 0.328 e. The third kappa shape index (κ3) is 6.24. The second kappa shape index (κ2) is 11.2. The lowest BCUT2D eigenvalue weighted by molar-refractivity contribution is -0.149. The van der Waals surface area contributed by atoms with Gasteiger partial charge in [-0.3, -0.25) is 24.3 Å². The topological polar surface area (TPSA) is 110 Å². The number of benzene rings is 2. The van der Waals surface area contributed by atoms with E-state index in [0.29, 0.717) is 16.6 Å². The van der Waals surface area contributed by atoms with Crippen LogP contribution in [0.15, 0.2) is 52.1 Å². The first-order valence-electron chi connectivity index (χ1n) is 10.4. The Hall–Kier alpha value is -3.10. The summed E-state index contributed by atoms with van der Waals surface area (Å²) in [5.41, 5.74) is -0.160. The predicted molar refractivity (Wildman–Crippen MR) is 127 cm³/mol. The van der Waals surface area contributed by atoms with Gasteiger partial charge in [-0.25, -0.2) is 4.68 Å². The number of hydrogen-bond donors (Lipinski definition) is 2. The molecule has 8 nitrogen and oxygen atoms in total. The van der Waals surface area contributed by atoms with Gasteiger partial charge in [0.2, 0.25) is 0 Å². The van der Waals surface area contributed by atoms with Crippen molar-refractivity contribution in [2.45, 2.75) is 32.2 Å². The molecule has 0 radical (unpaired) electrons. The van der Waals surface area contributed by atoms with Gasteiger partial charge in [0.05, 0.1) is 10.8 Å². The van der Waals surface area contributed by atoms with Gasteiger partial charge in [0.15, 0.2) is 6.61 Å². The smallest absolute Gasteiger partial charge is 0.328 e. The van der Waals surface area contributed by atoms with Crippen LogP contribution >= 0.6 is 23.2 Å². The van der Waals surface area contributed by atoms with Crippen LogP contribution in [0.5, 0.6) is 0 Å². The van der Waals surface area contributed by atoms with Crippen LogP contribution < -0.4 is 16.4 Å². The number of esters is 1.